The Labute approximate surface area is 243 Å². The van der Waals surface area contributed by atoms with Crippen molar-refractivity contribution in [1.82, 2.24) is 0 Å². The number of carbonyl (C=O) groups is 1. The van der Waals surface area contributed by atoms with Gasteiger partial charge in [0.15, 0.2) is 11.5 Å². The van der Waals surface area contributed by atoms with E-state index in [0.29, 0.717) is 47.3 Å². The van der Waals surface area contributed by atoms with Crippen LogP contribution in [0.4, 0.5) is 11.4 Å². The Hall–Kier alpha value is -5.62. The molecule has 1 amide bonds. The van der Waals surface area contributed by atoms with Crippen LogP contribution in [0.1, 0.15) is 29.2 Å². The number of nitro benzene ring substituents is 1. The summed E-state index contributed by atoms with van der Waals surface area (Å²) in [5.74, 6) is 0.930. The molecule has 0 aliphatic carbocycles. The number of aryl methyl sites for hydroxylation is 1. The molecule has 0 saturated heterocycles. The first-order chi connectivity index (χ1) is 20.3. The molecular weight excluding hydrogens is 534 g/mol. The molecule has 9 nitrogen and oxygen atoms in total. The summed E-state index contributed by atoms with van der Waals surface area (Å²) in [5, 5.41) is 23.4. The minimum atomic E-state index is -0.560. The van der Waals surface area contributed by atoms with Gasteiger partial charge in [0.05, 0.1) is 11.5 Å². The highest BCUT2D eigenvalue weighted by molar-refractivity contribution is 6.09. The lowest BCUT2D eigenvalue weighted by Crippen LogP contribution is -2.13. The second-order valence-electron chi connectivity index (χ2n) is 9.28. The zero-order valence-corrected chi connectivity index (χ0v) is 23.2. The topological polar surface area (TPSA) is 124 Å². The molecule has 212 valence electrons. The molecule has 0 aromatic heterocycles. The van der Waals surface area contributed by atoms with Crippen LogP contribution in [-0.2, 0) is 18.0 Å². The number of hydrogen-bond acceptors (Lipinski definition) is 7. The quantitative estimate of drug-likeness (QED) is 0.0851. The van der Waals surface area contributed by atoms with Crippen LogP contribution in [0, 0.1) is 28.4 Å². The molecule has 4 aromatic rings. The van der Waals surface area contributed by atoms with Crippen LogP contribution in [0.5, 0.6) is 17.2 Å². The highest BCUT2D eigenvalue weighted by atomic mass is 16.6. The molecule has 9 heteroatoms. The third kappa shape index (κ3) is 8.19. The van der Waals surface area contributed by atoms with E-state index in [9.17, 15) is 20.2 Å². The van der Waals surface area contributed by atoms with E-state index in [4.69, 9.17) is 14.2 Å². The number of carbonyl (C=O) groups excluding carboxylic acids is 1. The van der Waals surface area contributed by atoms with Crippen LogP contribution >= 0.6 is 0 Å². The first kappa shape index (κ1) is 29.4. The van der Waals surface area contributed by atoms with Gasteiger partial charge in [0.2, 0.25) is 0 Å². The lowest BCUT2D eigenvalue weighted by atomic mass is 10.1. The summed E-state index contributed by atoms with van der Waals surface area (Å²) in [6, 6.07) is 28.1. The highest BCUT2D eigenvalue weighted by Gasteiger charge is 2.13. The largest absolute Gasteiger partial charge is 0.490 e. The minimum absolute atomic E-state index is 0.0219. The predicted octanol–water partition coefficient (Wildman–Crippen LogP) is 7.01. The van der Waals surface area contributed by atoms with Gasteiger partial charge in [0.25, 0.3) is 11.6 Å². The number of ether oxygens (including phenoxy) is 3. The molecule has 0 radical (unpaired) electrons. The van der Waals surface area contributed by atoms with Crippen LogP contribution < -0.4 is 19.5 Å². The van der Waals surface area contributed by atoms with Crippen molar-refractivity contribution in [3.63, 3.8) is 0 Å². The summed E-state index contributed by atoms with van der Waals surface area (Å²) in [6.45, 7) is 4.73. The number of nitriles is 1. The molecular formula is C33H29N3O6. The zero-order valence-electron chi connectivity index (χ0n) is 23.2. The van der Waals surface area contributed by atoms with Gasteiger partial charge in [0.1, 0.15) is 30.6 Å². The Kier molecular flexibility index (Phi) is 9.89. The average molecular weight is 564 g/mol. The van der Waals surface area contributed by atoms with Gasteiger partial charge < -0.3 is 19.5 Å². The number of rotatable bonds is 12. The van der Waals surface area contributed by atoms with E-state index in [1.807, 2.05) is 44.2 Å². The van der Waals surface area contributed by atoms with E-state index in [0.717, 1.165) is 5.56 Å². The molecule has 0 atom stereocenters. The van der Waals surface area contributed by atoms with Gasteiger partial charge in [-0.05, 0) is 73.0 Å². The second kappa shape index (κ2) is 14.1. The lowest BCUT2D eigenvalue weighted by molar-refractivity contribution is -0.384. The Bertz CT molecular complexity index is 1620. The summed E-state index contributed by atoms with van der Waals surface area (Å²) in [7, 11) is 0. The van der Waals surface area contributed by atoms with E-state index >= 15 is 0 Å². The number of nitro groups is 1. The summed E-state index contributed by atoms with van der Waals surface area (Å²) in [6.07, 6.45) is 1.46. The first-order valence-corrected chi connectivity index (χ1v) is 13.2. The summed E-state index contributed by atoms with van der Waals surface area (Å²) < 4.78 is 17.4. The van der Waals surface area contributed by atoms with Crippen molar-refractivity contribution in [2.45, 2.75) is 27.1 Å². The van der Waals surface area contributed by atoms with E-state index in [1.54, 1.807) is 54.6 Å². The van der Waals surface area contributed by atoms with Gasteiger partial charge in [-0.2, -0.15) is 5.26 Å². The van der Waals surface area contributed by atoms with Crippen LogP contribution in [0.15, 0.2) is 96.6 Å². The Morgan fingerprint density at radius 3 is 2.33 bits per heavy atom. The Balaban J connectivity index is 1.40. The summed E-state index contributed by atoms with van der Waals surface area (Å²) in [4.78, 5) is 23.4. The maximum Gasteiger partial charge on any atom is 0.269 e. The smallest absolute Gasteiger partial charge is 0.269 e. The molecule has 0 bridgehead atoms. The van der Waals surface area contributed by atoms with Crippen molar-refractivity contribution in [1.29, 1.82) is 5.26 Å². The fourth-order valence-corrected chi connectivity index (χ4v) is 3.92. The first-order valence-electron chi connectivity index (χ1n) is 13.2. The molecule has 0 saturated carbocycles. The van der Waals surface area contributed by atoms with E-state index in [1.165, 1.54) is 23.8 Å². The maximum atomic E-state index is 12.8. The minimum Gasteiger partial charge on any atom is -0.490 e. The predicted molar refractivity (Wildman–Crippen MR) is 159 cm³/mol. The molecule has 0 aliphatic rings. The molecule has 4 rings (SSSR count). The maximum absolute atomic E-state index is 12.8. The van der Waals surface area contributed by atoms with E-state index in [-0.39, 0.29) is 17.9 Å². The van der Waals surface area contributed by atoms with Crippen molar-refractivity contribution in [2.75, 3.05) is 11.9 Å². The molecule has 4 aromatic carbocycles. The number of hydrogen-bond donors (Lipinski definition) is 1. The molecule has 0 unspecified atom stereocenters. The van der Waals surface area contributed by atoms with E-state index < -0.39 is 10.8 Å². The van der Waals surface area contributed by atoms with Crippen LogP contribution in [0.25, 0.3) is 6.08 Å². The van der Waals surface area contributed by atoms with Gasteiger partial charge in [-0.15, -0.1) is 0 Å². The summed E-state index contributed by atoms with van der Waals surface area (Å²) in [5.41, 5.74) is 3.83. The van der Waals surface area contributed by atoms with Gasteiger partial charge in [-0.1, -0.05) is 48.0 Å². The molecule has 0 heterocycles. The number of anilines is 1. The van der Waals surface area contributed by atoms with Crippen LogP contribution in [0.2, 0.25) is 0 Å². The van der Waals surface area contributed by atoms with Crippen molar-refractivity contribution < 1.29 is 23.9 Å². The number of nitrogens with one attached hydrogen (secondary N) is 1. The number of nitrogens with zero attached hydrogens (tertiary/aromatic N) is 2. The molecule has 0 spiro atoms. The van der Waals surface area contributed by atoms with Crippen molar-refractivity contribution in [3.8, 4) is 23.3 Å². The molecule has 42 heavy (non-hydrogen) atoms. The van der Waals surface area contributed by atoms with Gasteiger partial charge in [0, 0.05) is 17.8 Å². The fraction of sp³-hybridized carbons (Fsp3) is 0.152. The van der Waals surface area contributed by atoms with Crippen molar-refractivity contribution >= 4 is 23.4 Å². The number of amides is 1. The van der Waals surface area contributed by atoms with Crippen molar-refractivity contribution in [2.24, 2.45) is 0 Å². The van der Waals surface area contributed by atoms with Gasteiger partial charge in [-0.25, -0.2) is 0 Å². The second-order valence-corrected chi connectivity index (χ2v) is 9.28. The normalized spacial score (nSPS) is 10.8. The van der Waals surface area contributed by atoms with Crippen LogP contribution in [0.3, 0.4) is 0 Å². The highest BCUT2D eigenvalue weighted by Crippen LogP contribution is 2.30. The third-order valence-electron chi connectivity index (χ3n) is 6.10. The standard InChI is InChI=1S/C33H29N3O6/c1-3-40-32-19-25(11-16-31(32)42-22-26-5-4-6-29(18-26)36(38)39)17-27(20-34)33(37)35-28-12-14-30(15-13-28)41-21-24-9-7-23(2)8-10-24/h4-19H,3,21-22H2,1-2H3,(H,35,37)/b27-17+. The Morgan fingerprint density at radius 2 is 1.64 bits per heavy atom. The number of non-ortho nitro benzene ring substituents is 1. The van der Waals surface area contributed by atoms with Crippen molar-refractivity contribution in [3.05, 3.63) is 129 Å². The number of benzene rings is 4. The van der Waals surface area contributed by atoms with Gasteiger partial charge in [-0.3, -0.25) is 14.9 Å². The van der Waals surface area contributed by atoms with E-state index in [2.05, 4.69) is 5.32 Å². The molecule has 0 fully saturated rings. The monoisotopic (exact) mass is 563 g/mol. The third-order valence-corrected chi connectivity index (χ3v) is 6.10. The van der Waals surface area contributed by atoms with Crippen LogP contribution in [-0.4, -0.2) is 17.4 Å². The lowest BCUT2D eigenvalue weighted by Gasteiger charge is -2.13. The average Bonchev–Trinajstić information content (AvgIpc) is 3.00. The van der Waals surface area contributed by atoms with Gasteiger partial charge >= 0.3 is 0 Å². The Morgan fingerprint density at radius 1 is 0.905 bits per heavy atom. The molecule has 0 aliphatic heterocycles. The SMILES string of the molecule is CCOc1cc(/C=C(\C#N)C(=O)Nc2ccc(OCc3ccc(C)cc3)cc2)ccc1OCc1cccc([N+](=O)[O-])c1. The fourth-order valence-electron chi connectivity index (χ4n) is 3.92. The molecule has 1 N–H and O–H groups in total. The zero-order chi connectivity index (χ0) is 29.9. The summed E-state index contributed by atoms with van der Waals surface area (Å²) >= 11 is 0.